The predicted molar refractivity (Wildman–Crippen MR) is 140 cm³/mol. The van der Waals surface area contributed by atoms with Gasteiger partial charge in [-0.1, -0.05) is 18.6 Å². The van der Waals surface area contributed by atoms with Crippen molar-refractivity contribution in [2.24, 2.45) is 0 Å². The number of imidazole rings is 1. The Balaban J connectivity index is 0.000000330. The molecule has 6 rings (SSSR count). The van der Waals surface area contributed by atoms with Crippen molar-refractivity contribution >= 4 is 5.52 Å². The highest BCUT2D eigenvalue weighted by molar-refractivity contribution is 5.86. The molecule has 0 aliphatic carbocycles. The fraction of sp³-hybridized carbons (Fsp3) is 0.345. The molecule has 7 nitrogen and oxygen atoms in total. The zero-order valence-corrected chi connectivity index (χ0v) is 20.9. The molecule has 2 aliphatic rings. The van der Waals surface area contributed by atoms with Crippen LogP contribution in [0.3, 0.4) is 0 Å². The number of fused-ring (bicyclic) bond motifs is 2. The standard InChI is InChI=1S/C23H18N4O2.C6H13N/c1-28-21-10-19(16-6-4-15(11-24)5-7-16)22(27-14-25-13-20(21)27)18-9-17-3-2-8-29-23(17)26-12-18;1-7-5-3-2-4-6-7/h4-7,9-10,12-14H,2-3,8H2,1H3;2-6H2,1H3. The van der Waals surface area contributed by atoms with Crippen LogP contribution < -0.4 is 9.47 Å². The van der Waals surface area contributed by atoms with Crippen LogP contribution in [0, 0.1) is 11.3 Å². The molecule has 3 aromatic heterocycles. The van der Waals surface area contributed by atoms with Gasteiger partial charge in [0.2, 0.25) is 5.88 Å². The van der Waals surface area contributed by atoms with Crippen LogP contribution in [-0.4, -0.2) is 53.1 Å². The van der Waals surface area contributed by atoms with Gasteiger partial charge in [0.05, 0.1) is 43.6 Å². The quantitative estimate of drug-likeness (QED) is 0.392. The number of ether oxygens (including phenoxy) is 2. The lowest BCUT2D eigenvalue weighted by molar-refractivity contribution is 0.276. The molecule has 1 aromatic carbocycles. The molecule has 36 heavy (non-hydrogen) atoms. The molecular weight excluding hydrogens is 450 g/mol. The minimum atomic E-state index is 0.624. The number of hydrogen-bond donors (Lipinski definition) is 0. The Morgan fingerprint density at radius 1 is 1.00 bits per heavy atom. The summed E-state index contributed by atoms with van der Waals surface area (Å²) in [7, 11) is 3.85. The number of benzene rings is 1. The number of rotatable bonds is 3. The number of nitrogens with zero attached hydrogens (tertiary/aromatic N) is 5. The van der Waals surface area contributed by atoms with Crippen molar-refractivity contribution in [1.29, 1.82) is 5.26 Å². The first-order valence-electron chi connectivity index (χ1n) is 12.5. The van der Waals surface area contributed by atoms with Crippen LogP contribution in [-0.2, 0) is 6.42 Å². The first-order valence-corrected chi connectivity index (χ1v) is 12.5. The van der Waals surface area contributed by atoms with Crippen molar-refractivity contribution < 1.29 is 9.47 Å². The van der Waals surface area contributed by atoms with Gasteiger partial charge in [0, 0.05) is 22.9 Å². The van der Waals surface area contributed by atoms with Crippen LogP contribution in [0.25, 0.3) is 27.9 Å². The smallest absolute Gasteiger partial charge is 0.216 e. The normalized spacial score (nSPS) is 15.2. The molecule has 1 fully saturated rings. The summed E-state index contributed by atoms with van der Waals surface area (Å²) in [6.07, 6.45) is 11.6. The van der Waals surface area contributed by atoms with E-state index in [4.69, 9.17) is 14.7 Å². The first-order chi connectivity index (χ1) is 17.7. The van der Waals surface area contributed by atoms with Crippen molar-refractivity contribution in [2.75, 3.05) is 33.9 Å². The Bertz CT molecular complexity index is 1380. The molecule has 184 valence electrons. The van der Waals surface area contributed by atoms with Crippen molar-refractivity contribution in [3.63, 3.8) is 0 Å². The van der Waals surface area contributed by atoms with Crippen molar-refractivity contribution in [1.82, 2.24) is 19.3 Å². The van der Waals surface area contributed by atoms with E-state index in [9.17, 15) is 0 Å². The molecule has 5 heterocycles. The number of methoxy groups -OCH3 is 1. The zero-order valence-electron chi connectivity index (χ0n) is 20.9. The maximum absolute atomic E-state index is 9.14. The number of aromatic nitrogens is 3. The number of piperidine rings is 1. The molecular formula is C29H31N5O2. The van der Waals surface area contributed by atoms with E-state index in [1.807, 2.05) is 40.9 Å². The average molecular weight is 482 g/mol. The number of pyridine rings is 2. The third kappa shape index (κ3) is 4.91. The molecule has 0 amide bonds. The highest BCUT2D eigenvalue weighted by Crippen LogP contribution is 2.38. The Hall–Kier alpha value is -3.89. The zero-order chi connectivity index (χ0) is 24.9. The Morgan fingerprint density at radius 2 is 1.81 bits per heavy atom. The van der Waals surface area contributed by atoms with Crippen LogP contribution in [0.5, 0.6) is 11.6 Å². The molecule has 7 heteroatoms. The van der Waals surface area contributed by atoms with Crippen LogP contribution in [0.4, 0.5) is 0 Å². The van der Waals surface area contributed by atoms with E-state index in [0.29, 0.717) is 12.2 Å². The lowest BCUT2D eigenvalue weighted by atomic mass is 9.97. The van der Waals surface area contributed by atoms with Gasteiger partial charge in [-0.05, 0) is 75.6 Å². The van der Waals surface area contributed by atoms with Gasteiger partial charge in [-0.15, -0.1) is 0 Å². The lowest BCUT2D eigenvalue weighted by Gasteiger charge is -2.20. The molecule has 0 unspecified atom stereocenters. The molecule has 0 atom stereocenters. The van der Waals surface area contributed by atoms with Gasteiger partial charge in [0.1, 0.15) is 11.3 Å². The molecule has 0 spiro atoms. The van der Waals surface area contributed by atoms with Gasteiger partial charge in [-0.2, -0.15) is 5.26 Å². The molecule has 0 saturated carbocycles. The van der Waals surface area contributed by atoms with E-state index in [-0.39, 0.29) is 0 Å². The van der Waals surface area contributed by atoms with Gasteiger partial charge in [0.15, 0.2) is 0 Å². The van der Waals surface area contributed by atoms with Crippen LogP contribution in [0.1, 0.15) is 36.8 Å². The summed E-state index contributed by atoms with van der Waals surface area (Å²) in [6, 6.07) is 13.9. The molecule has 4 aromatic rings. The number of likely N-dealkylation sites (tertiary alicyclic amines) is 1. The summed E-state index contributed by atoms with van der Waals surface area (Å²) < 4.78 is 13.3. The van der Waals surface area contributed by atoms with Crippen LogP contribution in [0.15, 0.2) is 55.1 Å². The predicted octanol–water partition coefficient (Wildman–Crippen LogP) is 5.37. The summed E-state index contributed by atoms with van der Waals surface area (Å²) in [6.45, 7) is 3.35. The largest absolute Gasteiger partial charge is 0.494 e. The molecule has 0 bridgehead atoms. The van der Waals surface area contributed by atoms with Gasteiger partial charge in [-0.25, -0.2) is 9.97 Å². The van der Waals surface area contributed by atoms with E-state index in [0.717, 1.165) is 57.9 Å². The molecule has 1 saturated heterocycles. The van der Waals surface area contributed by atoms with E-state index in [2.05, 4.69) is 34.1 Å². The monoisotopic (exact) mass is 481 g/mol. The maximum atomic E-state index is 9.14. The number of nitriles is 1. The second kappa shape index (κ2) is 10.8. The highest BCUT2D eigenvalue weighted by atomic mass is 16.5. The van der Waals surface area contributed by atoms with Gasteiger partial charge in [0.25, 0.3) is 0 Å². The topological polar surface area (TPSA) is 75.7 Å². The maximum Gasteiger partial charge on any atom is 0.216 e. The summed E-state index contributed by atoms with van der Waals surface area (Å²) in [4.78, 5) is 11.3. The van der Waals surface area contributed by atoms with Gasteiger partial charge in [-0.3, -0.25) is 4.40 Å². The summed E-state index contributed by atoms with van der Waals surface area (Å²) in [5.74, 6) is 1.45. The van der Waals surface area contributed by atoms with Crippen molar-refractivity contribution in [3.05, 3.63) is 66.2 Å². The van der Waals surface area contributed by atoms with E-state index in [1.54, 1.807) is 19.6 Å². The highest BCUT2D eigenvalue weighted by Gasteiger charge is 2.19. The van der Waals surface area contributed by atoms with Gasteiger partial charge >= 0.3 is 0 Å². The van der Waals surface area contributed by atoms with E-state index in [1.165, 1.54) is 32.4 Å². The molecule has 2 aliphatic heterocycles. The van der Waals surface area contributed by atoms with Crippen LogP contribution >= 0.6 is 0 Å². The molecule has 0 radical (unpaired) electrons. The van der Waals surface area contributed by atoms with E-state index >= 15 is 0 Å². The second-order valence-corrected chi connectivity index (χ2v) is 9.32. The van der Waals surface area contributed by atoms with E-state index < -0.39 is 0 Å². The fourth-order valence-electron chi connectivity index (χ4n) is 4.88. The second-order valence-electron chi connectivity index (χ2n) is 9.32. The summed E-state index contributed by atoms with van der Waals surface area (Å²) in [5.41, 5.74) is 6.55. The summed E-state index contributed by atoms with van der Waals surface area (Å²) in [5, 5.41) is 9.14. The minimum Gasteiger partial charge on any atom is -0.494 e. The molecule has 0 N–H and O–H groups in total. The third-order valence-electron chi connectivity index (χ3n) is 6.81. The minimum absolute atomic E-state index is 0.624. The summed E-state index contributed by atoms with van der Waals surface area (Å²) >= 11 is 0. The fourth-order valence-corrected chi connectivity index (χ4v) is 4.88. The first kappa shape index (κ1) is 23.8. The Labute approximate surface area is 211 Å². The number of aryl methyl sites for hydroxylation is 1. The Morgan fingerprint density at radius 3 is 2.50 bits per heavy atom. The average Bonchev–Trinajstić information content (AvgIpc) is 3.43. The SMILES string of the molecule is CN1CCCCC1.COc1cc(-c2ccc(C#N)cc2)c(-c2cnc3c(c2)CCCO3)n2cncc12. The van der Waals surface area contributed by atoms with Crippen molar-refractivity contribution in [3.8, 4) is 40.1 Å². The van der Waals surface area contributed by atoms with Crippen LogP contribution in [0.2, 0.25) is 0 Å². The third-order valence-corrected chi connectivity index (χ3v) is 6.81. The van der Waals surface area contributed by atoms with Gasteiger partial charge < -0.3 is 14.4 Å². The van der Waals surface area contributed by atoms with Crippen molar-refractivity contribution in [2.45, 2.75) is 32.1 Å². The number of hydrogen-bond acceptors (Lipinski definition) is 6. The Kier molecular flexibility index (Phi) is 7.15. The lowest BCUT2D eigenvalue weighted by Crippen LogP contribution is -2.24.